The van der Waals surface area contributed by atoms with E-state index in [1.165, 1.54) is 0 Å². The quantitative estimate of drug-likeness (QED) is 0.528. The molecule has 2 amide bonds. The molecule has 0 heterocycles. The highest BCUT2D eigenvalue weighted by atomic mass is 16.4. The number of benzene rings is 1. The van der Waals surface area contributed by atoms with Crippen LogP contribution in [0.1, 0.15) is 25.3 Å². The molecule has 1 rings (SSSR count). The van der Waals surface area contributed by atoms with Gasteiger partial charge < -0.3 is 15.7 Å². The Hall–Kier alpha value is -2.48. The van der Waals surface area contributed by atoms with Crippen LogP contribution in [0.2, 0.25) is 0 Å². The monoisotopic (exact) mass is 288 g/mol. The summed E-state index contributed by atoms with van der Waals surface area (Å²) in [6.45, 7) is 2.13. The summed E-state index contributed by atoms with van der Waals surface area (Å²) >= 11 is 0. The molecule has 3 N–H and O–H groups in total. The van der Waals surface area contributed by atoms with Gasteiger partial charge in [-0.05, 0) is 25.3 Å². The largest absolute Gasteiger partial charge is 0.480 e. The van der Waals surface area contributed by atoms with Gasteiger partial charge in [-0.2, -0.15) is 0 Å². The number of aryl methyl sites for hydroxylation is 1. The summed E-state index contributed by atoms with van der Waals surface area (Å²) < 4.78 is 0. The van der Waals surface area contributed by atoms with Crippen LogP contribution in [0.4, 0.5) is 4.79 Å². The number of nitrogens with one attached hydrogen (secondary N) is 2. The van der Waals surface area contributed by atoms with Crippen molar-refractivity contribution >= 4 is 12.0 Å². The van der Waals surface area contributed by atoms with Gasteiger partial charge in [-0.25, -0.2) is 9.59 Å². The molecule has 0 aliphatic rings. The highest BCUT2D eigenvalue weighted by Gasteiger charge is 2.19. The molecule has 112 valence electrons. The van der Waals surface area contributed by atoms with Crippen molar-refractivity contribution in [3.05, 3.63) is 35.9 Å². The number of hydrogen-bond donors (Lipinski definition) is 3. The van der Waals surface area contributed by atoms with Crippen molar-refractivity contribution in [2.45, 2.75) is 32.2 Å². The first-order valence-corrected chi connectivity index (χ1v) is 6.84. The number of carbonyl (C=O) groups is 2. The molecule has 1 atom stereocenters. The zero-order chi connectivity index (χ0) is 15.5. The third-order valence-corrected chi connectivity index (χ3v) is 2.88. The van der Waals surface area contributed by atoms with Crippen LogP contribution >= 0.6 is 0 Å². The molecule has 5 nitrogen and oxygen atoms in total. The normalized spacial score (nSPS) is 10.9. The summed E-state index contributed by atoms with van der Waals surface area (Å²) in [5.74, 6) is 4.51. The van der Waals surface area contributed by atoms with Gasteiger partial charge in [0.05, 0.1) is 0 Å². The molecule has 1 aromatic rings. The van der Waals surface area contributed by atoms with Gasteiger partial charge in [0, 0.05) is 13.0 Å². The topological polar surface area (TPSA) is 78.4 Å². The standard InChI is InChI=1S/C16H20N2O3/c1-2-3-7-12-17-16(21)18-14(15(19)20)11-10-13-8-5-4-6-9-13/h4-6,8-9,14H,7,10-12H2,1H3,(H,19,20)(H2,17,18,21)/t14-/m0/s1. The lowest BCUT2D eigenvalue weighted by Crippen LogP contribution is -2.46. The van der Waals surface area contributed by atoms with E-state index in [0.29, 0.717) is 25.8 Å². The van der Waals surface area contributed by atoms with Gasteiger partial charge in [-0.1, -0.05) is 30.3 Å². The van der Waals surface area contributed by atoms with Crippen LogP contribution in [0, 0.1) is 11.8 Å². The fourth-order valence-corrected chi connectivity index (χ4v) is 1.79. The van der Waals surface area contributed by atoms with E-state index < -0.39 is 18.0 Å². The van der Waals surface area contributed by atoms with E-state index in [2.05, 4.69) is 22.5 Å². The van der Waals surface area contributed by atoms with Crippen molar-refractivity contribution in [3.63, 3.8) is 0 Å². The van der Waals surface area contributed by atoms with Crippen LogP contribution in [-0.2, 0) is 11.2 Å². The SMILES string of the molecule is CC#CCCNC(=O)N[C@@H](CCc1ccccc1)C(=O)O. The molecule has 0 bridgehead atoms. The molecule has 1 aromatic carbocycles. The maximum atomic E-state index is 11.6. The lowest BCUT2D eigenvalue weighted by Gasteiger charge is -2.15. The van der Waals surface area contributed by atoms with Gasteiger partial charge >= 0.3 is 12.0 Å². The second kappa shape index (κ2) is 9.43. The Morgan fingerprint density at radius 1 is 1.29 bits per heavy atom. The van der Waals surface area contributed by atoms with Crippen molar-refractivity contribution < 1.29 is 14.7 Å². The number of rotatable bonds is 7. The molecular formula is C16H20N2O3. The number of carboxylic acid groups (broad SMARTS) is 1. The Morgan fingerprint density at radius 3 is 2.62 bits per heavy atom. The van der Waals surface area contributed by atoms with Crippen molar-refractivity contribution in [3.8, 4) is 11.8 Å². The van der Waals surface area contributed by atoms with Crippen LogP contribution in [0.3, 0.4) is 0 Å². The minimum absolute atomic E-state index is 0.349. The summed E-state index contributed by atoms with van der Waals surface area (Å²) in [5.41, 5.74) is 1.05. The van der Waals surface area contributed by atoms with E-state index in [4.69, 9.17) is 5.11 Å². The van der Waals surface area contributed by atoms with Gasteiger partial charge in [-0.15, -0.1) is 11.8 Å². The zero-order valence-electron chi connectivity index (χ0n) is 12.1. The predicted octanol–water partition coefficient (Wildman–Crippen LogP) is 1.78. The fourth-order valence-electron chi connectivity index (χ4n) is 1.79. The van der Waals surface area contributed by atoms with Gasteiger partial charge in [0.1, 0.15) is 6.04 Å². The first-order chi connectivity index (χ1) is 10.1. The summed E-state index contributed by atoms with van der Waals surface area (Å²) in [5, 5.41) is 14.2. The Kier molecular flexibility index (Phi) is 7.44. The predicted molar refractivity (Wildman–Crippen MR) is 80.8 cm³/mol. The van der Waals surface area contributed by atoms with Gasteiger partial charge in [0.2, 0.25) is 0 Å². The first-order valence-electron chi connectivity index (χ1n) is 6.84. The van der Waals surface area contributed by atoms with Crippen LogP contribution < -0.4 is 10.6 Å². The highest BCUT2D eigenvalue weighted by Crippen LogP contribution is 2.05. The Labute approximate surface area is 124 Å². The minimum Gasteiger partial charge on any atom is -0.480 e. The second-order valence-electron chi connectivity index (χ2n) is 4.49. The molecule has 0 aliphatic heterocycles. The summed E-state index contributed by atoms with van der Waals surface area (Å²) in [6, 6.07) is 8.20. The average molecular weight is 288 g/mol. The second-order valence-corrected chi connectivity index (χ2v) is 4.49. The lowest BCUT2D eigenvalue weighted by molar-refractivity contribution is -0.139. The first kappa shape index (κ1) is 16.6. The van der Waals surface area contributed by atoms with E-state index in [-0.39, 0.29) is 0 Å². The van der Waals surface area contributed by atoms with E-state index in [1.54, 1.807) is 6.92 Å². The molecule has 0 radical (unpaired) electrons. The van der Waals surface area contributed by atoms with Crippen molar-refractivity contribution in [1.82, 2.24) is 10.6 Å². The van der Waals surface area contributed by atoms with Crippen LogP contribution in [0.15, 0.2) is 30.3 Å². The number of aliphatic carboxylic acids is 1. The molecule has 21 heavy (non-hydrogen) atoms. The van der Waals surface area contributed by atoms with E-state index in [1.807, 2.05) is 30.3 Å². The molecule has 5 heteroatoms. The number of carboxylic acids is 1. The number of carbonyl (C=O) groups excluding carboxylic acids is 1. The Bertz CT molecular complexity index is 517. The maximum absolute atomic E-state index is 11.6. The number of urea groups is 1. The van der Waals surface area contributed by atoms with E-state index >= 15 is 0 Å². The Balaban J connectivity index is 2.40. The third kappa shape index (κ3) is 7.02. The van der Waals surface area contributed by atoms with Gasteiger partial charge in [0.15, 0.2) is 0 Å². The van der Waals surface area contributed by atoms with Gasteiger partial charge in [0.25, 0.3) is 0 Å². The average Bonchev–Trinajstić information content (AvgIpc) is 2.48. The summed E-state index contributed by atoms with van der Waals surface area (Å²) in [4.78, 5) is 22.8. The maximum Gasteiger partial charge on any atom is 0.326 e. The zero-order valence-corrected chi connectivity index (χ0v) is 12.1. The van der Waals surface area contributed by atoms with Crippen LogP contribution in [0.5, 0.6) is 0 Å². The molecule has 0 aromatic heterocycles. The number of amides is 2. The molecule has 0 saturated heterocycles. The highest BCUT2D eigenvalue weighted by molar-refractivity contribution is 5.82. The molecule has 0 spiro atoms. The van der Waals surface area contributed by atoms with E-state index in [9.17, 15) is 9.59 Å². The molecular weight excluding hydrogens is 268 g/mol. The molecule has 0 aliphatic carbocycles. The lowest BCUT2D eigenvalue weighted by atomic mass is 10.1. The third-order valence-electron chi connectivity index (χ3n) is 2.88. The fraction of sp³-hybridized carbons (Fsp3) is 0.375. The van der Waals surface area contributed by atoms with Crippen molar-refractivity contribution in [1.29, 1.82) is 0 Å². The van der Waals surface area contributed by atoms with Crippen LogP contribution in [-0.4, -0.2) is 29.7 Å². The minimum atomic E-state index is -1.03. The smallest absolute Gasteiger partial charge is 0.326 e. The summed E-state index contributed by atoms with van der Waals surface area (Å²) in [7, 11) is 0. The van der Waals surface area contributed by atoms with Crippen molar-refractivity contribution in [2.75, 3.05) is 6.54 Å². The molecule has 0 fully saturated rings. The number of hydrogen-bond acceptors (Lipinski definition) is 2. The molecule has 0 saturated carbocycles. The Morgan fingerprint density at radius 2 is 2.00 bits per heavy atom. The summed E-state index contributed by atoms with van der Waals surface area (Å²) in [6.07, 6.45) is 1.49. The molecule has 0 unspecified atom stereocenters. The van der Waals surface area contributed by atoms with Gasteiger partial charge in [-0.3, -0.25) is 0 Å². The van der Waals surface area contributed by atoms with Crippen molar-refractivity contribution in [2.24, 2.45) is 0 Å². The van der Waals surface area contributed by atoms with Crippen LogP contribution in [0.25, 0.3) is 0 Å². The van der Waals surface area contributed by atoms with E-state index in [0.717, 1.165) is 5.56 Å².